The molecule has 2 N–H and O–H groups in total. The zero-order chi connectivity index (χ0) is 20.7. The minimum Gasteiger partial charge on any atom is -0.459 e. The van der Waals surface area contributed by atoms with E-state index >= 15 is 0 Å². The Labute approximate surface area is 162 Å². The highest BCUT2D eigenvalue weighted by Gasteiger charge is 2.39. The Bertz CT molecular complexity index is 443. The highest BCUT2D eigenvalue weighted by atomic mass is 28.4. The summed E-state index contributed by atoms with van der Waals surface area (Å²) in [5.74, 6) is -0.607. The van der Waals surface area contributed by atoms with Crippen molar-refractivity contribution in [2.45, 2.75) is 46.3 Å². The van der Waals surface area contributed by atoms with Gasteiger partial charge in [0.15, 0.2) is 0 Å². The fourth-order valence-corrected chi connectivity index (χ4v) is 4.67. The number of carbonyl (C=O) groups is 2. The molecule has 0 aromatic carbocycles. The lowest BCUT2D eigenvalue weighted by molar-refractivity contribution is -0.142. The van der Waals surface area contributed by atoms with Gasteiger partial charge in [0.05, 0.1) is 0 Å². The minimum atomic E-state index is -2.72. The number of hydrogen-bond acceptors (Lipinski definition) is 8. The third-order valence-electron chi connectivity index (χ3n) is 3.18. The number of hydrogen-bond donors (Lipinski definition) is 2. The van der Waals surface area contributed by atoms with Crippen molar-refractivity contribution < 1.29 is 37.4 Å². The molecule has 158 valence electrons. The van der Waals surface area contributed by atoms with E-state index in [0.29, 0.717) is 38.8 Å². The maximum absolute atomic E-state index is 11.6. The lowest BCUT2D eigenvalue weighted by atomic mass is 10.3. The van der Waals surface area contributed by atoms with Gasteiger partial charge in [-0.25, -0.2) is 9.59 Å². The van der Waals surface area contributed by atoms with E-state index in [4.69, 9.17) is 22.8 Å². The summed E-state index contributed by atoms with van der Waals surface area (Å²) in [6, 6.07) is 0.572. The van der Waals surface area contributed by atoms with Crippen LogP contribution >= 0.6 is 0 Å². The van der Waals surface area contributed by atoms with Crippen molar-refractivity contribution >= 4 is 20.9 Å². The molecule has 0 aromatic rings. The topological polar surface area (TPSA) is 113 Å². The molecule has 0 spiro atoms. The summed E-state index contributed by atoms with van der Waals surface area (Å²) in [4.78, 5) is 22.8. The number of aliphatic hydroxyl groups is 1. The highest BCUT2D eigenvalue weighted by Crippen LogP contribution is 2.17. The van der Waals surface area contributed by atoms with Crippen LogP contribution in [0.4, 0.5) is 4.79 Å². The van der Waals surface area contributed by atoms with Crippen LogP contribution in [0, 0.1) is 0 Å². The number of ether oxygens (including phenoxy) is 2. The van der Waals surface area contributed by atoms with Crippen molar-refractivity contribution in [1.29, 1.82) is 0 Å². The van der Waals surface area contributed by atoms with Gasteiger partial charge in [0.2, 0.25) is 0 Å². The largest absolute Gasteiger partial charge is 0.500 e. The van der Waals surface area contributed by atoms with Crippen LogP contribution in [-0.2, 0) is 27.5 Å². The number of alkyl carbamates (subject to hydrolysis) is 1. The fourth-order valence-electron chi connectivity index (χ4n) is 2.06. The monoisotopic (exact) mass is 407 g/mol. The summed E-state index contributed by atoms with van der Waals surface area (Å²) >= 11 is 0. The SMILES string of the molecule is C=C(C)C(=O)OCC(O)COC(=O)NCCC[Si](OCC)(OCC)OCC. The van der Waals surface area contributed by atoms with Gasteiger partial charge in [0.1, 0.15) is 19.3 Å². The van der Waals surface area contributed by atoms with E-state index in [0.717, 1.165) is 0 Å². The van der Waals surface area contributed by atoms with E-state index in [1.54, 1.807) is 0 Å². The van der Waals surface area contributed by atoms with Crippen LogP contribution in [0.1, 0.15) is 34.1 Å². The van der Waals surface area contributed by atoms with E-state index in [-0.39, 0.29) is 18.8 Å². The molecule has 0 saturated carbocycles. The van der Waals surface area contributed by atoms with Crippen LogP contribution < -0.4 is 5.32 Å². The first-order valence-corrected chi connectivity index (χ1v) is 11.1. The fraction of sp³-hybridized carbons (Fsp3) is 0.765. The maximum atomic E-state index is 11.6. The molecular formula is C17H33NO8Si. The molecular weight excluding hydrogens is 374 g/mol. The molecule has 0 aliphatic carbocycles. The van der Waals surface area contributed by atoms with Crippen LogP contribution in [0.2, 0.25) is 6.04 Å². The first kappa shape index (κ1) is 25.5. The highest BCUT2D eigenvalue weighted by molar-refractivity contribution is 6.60. The minimum absolute atomic E-state index is 0.228. The molecule has 0 rings (SSSR count). The second-order valence-electron chi connectivity index (χ2n) is 5.64. The van der Waals surface area contributed by atoms with Crippen LogP contribution in [0.25, 0.3) is 0 Å². The first-order valence-electron chi connectivity index (χ1n) is 9.13. The second-order valence-corrected chi connectivity index (χ2v) is 8.38. The molecule has 1 amide bonds. The van der Waals surface area contributed by atoms with E-state index in [9.17, 15) is 14.7 Å². The summed E-state index contributed by atoms with van der Waals surface area (Å²) in [5, 5.41) is 12.2. The van der Waals surface area contributed by atoms with Crippen molar-refractivity contribution in [3.63, 3.8) is 0 Å². The number of rotatable bonds is 15. The molecule has 0 aliphatic heterocycles. The molecule has 0 heterocycles. The van der Waals surface area contributed by atoms with E-state index < -0.39 is 27.0 Å². The van der Waals surface area contributed by atoms with Gasteiger partial charge in [0, 0.05) is 38.0 Å². The van der Waals surface area contributed by atoms with Crippen molar-refractivity contribution in [2.75, 3.05) is 39.6 Å². The number of carbonyl (C=O) groups excluding carboxylic acids is 2. The number of amides is 1. The van der Waals surface area contributed by atoms with Crippen LogP contribution in [-0.4, -0.2) is 71.7 Å². The lowest BCUT2D eigenvalue weighted by Gasteiger charge is -2.28. The Morgan fingerprint density at radius 1 is 1.04 bits per heavy atom. The molecule has 0 fully saturated rings. The van der Waals surface area contributed by atoms with Gasteiger partial charge >= 0.3 is 20.9 Å². The second kappa shape index (κ2) is 14.6. The van der Waals surface area contributed by atoms with Crippen LogP contribution in [0.5, 0.6) is 0 Å². The number of nitrogens with one attached hydrogen (secondary N) is 1. The van der Waals surface area contributed by atoms with Crippen LogP contribution in [0.15, 0.2) is 12.2 Å². The maximum Gasteiger partial charge on any atom is 0.500 e. The van der Waals surface area contributed by atoms with Gasteiger partial charge in [-0.15, -0.1) is 0 Å². The summed E-state index contributed by atoms with van der Waals surface area (Å²) in [6.07, 6.45) is -1.18. The Morgan fingerprint density at radius 2 is 1.56 bits per heavy atom. The standard InChI is InChI=1S/C17H33NO8Si/c1-6-24-27(25-7-2,26-8-3)11-9-10-18-17(21)23-13-15(19)12-22-16(20)14(4)5/h15,19H,4,6-13H2,1-3,5H3,(H,18,21). The average molecular weight is 408 g/mol. The van der Waals surface area contributed by atoms with Crippen molar-refractivity contribution in [3.05, 3.63) is 12.2 Å². The predicted octanol–water partition coefficient (Wildman–Crippen LogP) is 1.63. The quantitative estimate of drug-likeness (QED) is 0.182. The predicted molar refractivity (Wildman–Crippen MR) is 101 cm³/mol. The van der Waals surface area contributed by atoms with Crippen LogP contribution in [0.3, 0.4) is 0 Å². The Balaban J connectivity index is 4.09. The number of aliphatic hydroxyl groups excluding tert-OH is 1. The average Bonchev–Trinajstić information content (AvgIpc) is 2.62. The van der Waals surface area contributed by atoms with Gasteiger partial charge in [-0.3, -0.25) is 0 Å². The third kappa shape index (κ3) is 11.8. The van der Waals surface area contributed by atoms with Crippen molar-refractivity contribution in [1.82, 2.24) is 5.32 Å². The molecule has 0 radical (unpaired) electrons. The first-order chi connectivity index (χ1) is 12.8. The summed E-state index contributed by atoms with van der Waals surface area (Å²) in [6.45, 7) is 11.8. The summed E-state index contributed by atoms with van der Waals surface area (Å²) in [5.41, 5.74) is 0.228. The molecule has 1 unspecified atom stereocenters. The van der Waals surface area contributed by atoms with E-state index in [1.807, 2.05) is 20.8 Å². The smallest absolute Gasteiger partial charge is 0.459 e. The zero-order valence-electron chi connectivity index (χ0n) is 16.7. The normalized spacial score (nSPS) is 12.3. The molecule has 10 heteroatoms. The molecule has 0 aliphatic rings. The van der Waals surface area contributed by atoms with Crippen molar-refractivity contribution in [2.24, 2.45) is 0 Å². The molecule has 27 heavy (non-hydrogen) atoms. The van der Waals surface area contributed by atoms with E-state index in [2.05, 4.69) is 11.9 Å². The molecule has 9 nitrogen and oxygen atoms in total. The lowest BCUT2D eigenvalue weighted by Crippen LogP contribution is -2.46. The van der Waals surface area contributed by atoms with Crippen molar-refractivity contribution in [3.8, 4) is 0 Å². The molecule has 0 aromatic heterocycles. The summed E-state index contributed by atoms with van der Waals surface area (Å²) in [7, 11) is -2.72. The van der Waals surface area contributed by atoms with Gasteiger partial charge in [-0.05, 0) is 34.1 Å². The van der Waals surface area contributed by atoms with Gasteiger partial charge in [0.25, 0.3) is 0 Å². The van der Waals surface area contributed by atoms with Gasteiger partial charge in [-0.2, -0.15) is 0 Å². The Hall–Kier alpha value is -1.46. The zero-order valence-corrected chi connectivity index (χ0v) is 17.7. The summed E-state index contributed by atoms with van der Waals surface area (Å²) < 4.78 is 26.8. The van der Waals surface area contributed by atoms with Gasteiger partial charge in [-0.1, -0.05) is 6.58 Å². The van der Waals surface area contributed by atoms with E-state index in [1.165, 1.54) is 6.92 Å². The molecule has 1 atom stereocenters. The molecule has 0 bridgehead atoms. The number of esters is 1. The molecule has 0 saturated heterocycles. The van der Waals surface area contributed by atoms with Gasteiger partial charge < -0.3 is 33.2 Å². The Kier molecular flexibility index (Phi) is 13.8. The third-order valence-corrected chi connectivity index (χ3v) is 6.34. The Morgan fingerprint density at radius 3 is 2.04 bits per heavy atom.